The van der Waals surface area contributed by atoms with Gasteiger partial charge in [0, 0.05) is 34.9 Å². The van der Waals surface area contributed by atoms with Gasteiger partial charge in [-0.1, -0.05) is 6.07 Å². The Kier molecular flexibility index (Phi) is 6.31. The van der Waals surface area contributed by atoms with Crippen LogP contribution in [0.4, 0.5) is 9.18 Å². The minimum atomic E-state index is -1.21. The Morgan fingerprint density at radius 2 is 2.25 bits per heavy atom. The molecular weight excluding hydrogens is 333 g/mol. The molecule has 1 fully saturated rings. The number of nitrogens with two attached hydrogens (primary N) is 2. The summed E-state index contributed by atoms with van der Waals surface area (Å²) in [5.74, 6) is -0.198. The number of carbonyl (C=O) groups is 1. The zero-order chi connectivity index (χ0) is 17.9. The molecule has 5 N–H and O–H groups in total. The quantitative estimate of drug-likeness (QED) is 0.730. The third-order valence-electron chi connectivity index (χ3n) is 4.30. The van der Waals surface area contributed by atoms with E-state index in [2.05, 4.69) is 0 Å². The van der Waals surface area contributed by atoms with Crippen molar-refractivity contribution in [1.29, 1.82) is 0 Å². The van der Waals surface area contributed by atoms with E-state index in [0.29, 0.717) is 24.9 Å². The van der Waals surface area contributed by atoms with Gasteiger partial charge in [0.15, 0.2) is 0 Å². The zero-order valence-corrected chi connectivity index (χ0v) is 14.5. The summed E-state index contributed by atoms with van der Waals surface area (Å²) < 4.78 is 25.9. The lowest BCUT2D eigenvalue weighted by atomic mass is 9.91. The molecule has 4 atom stereocenters. The van der Waals surface area contributed by atoms with Gasteiger partial charge in [0.2, 0.25) is 0 Å². The predicted octanol–water partition coefficient (Wildman–Crippen LogP) is 0.998. The standard InChI is InChI=1S/C16H24FN3O3S/c1-10(21)9-24(23)13-4-5-20(16(19)22)15(7-13)14-3-2-12(17)6-11(14)8-18/h2-3,6,10,13,15,21H,4-5,7-9,18H2,1H3,(H2,19,22)/t10-,13?,15?,24?/m0/s1. The molecule has 1 aromatic carbocycles. The summed E-state index contributed by atoms with van der Waals surface area (Å²) in [7, 11) is -1.21. The third-order valence-corrected chi connectivity index (χ3v) is 6.28. The van der Waals surface area contributed by atoms with E-state index in [1.165, 1.54) is 17.0 Å². The highest BCUT2D eigenvalue weighted by Crippen LogP contribution is 2.35. The van der Waals surface area contributed by atoms with Gasteiger partial charge in [-0.2, -0.15) is 0 Å². The maximum atomic E-state index is 13.5. The number of hydrogen-bond donors (Lipinski definition) is 3. The van der Waals surface area contributed by atoms with Crippen LogP contribution in [0, 0.1) is 5.82 Å². The van der Waals surface area contributed by atoms with Crippen molar-refractivity contribution < 1.29 is 18.5 Å². The molecule has 24 heavy (non-hydrogen) atoms. The van der Waals surface area contributed by atoms with Gasteiger partial charge in [-0.05, 0) is 43.0 Å². The summed E-state index contributed by atoms with van der Waals surface area (Å²) in [6.07, 6.45) is 0.350. The minimum absolute atomic E-state index is 0.137. The summed E-state index contributed by atoms with van der Waals surface area (Å²) in [4.78, 5) is 13.3. The fraction of sp³-hybridized carbons (Fsp3) is 0.562. The molecule has 1 saturated heterocycles. The maximum absolute atomic E-state index is 13.5. The number of amides is 2. The lowest BCUT2D eigenvalue weighted by Crippen LogP contribution is -2.46. The second kappa shape index (κ2) is 8.04. The van der Waals surface area contributed by atoms with Crippen LogP contribution in [0.5, 0.6) is 0 Å². The number of piperidine rings is 1. The van der Waals surface area contributed by atoms with E-state index in [0.717, 1.165) is 5.56 Å². The molecule has 0 aromatic heterocycles. The largest absolute Gasteiger partial charge is 0.392 e. The highest BCUT2D eigenvalue weighted by molar-refractivity contribution is 7.85. The van der Waals surface area contributed by atoms with Crippen molar-refractivity contribution >= 4 is 16.8 Å². The van der Waals surface area contributed by atoms with Crippen LogP contribution in [0.1, 0.15) is 36.9 Å². The van der Waals surface area contributed by atoms with Gasteiger partial charge in [-0.15, -0.1) is 0 Å². The van der Waals surface area contributed by atoms with Gasteiger partial charge in [0.25, 0.3) is 0 Å². The highest BCUT2D eigenvalue weighted by atomic mass is 32.2. The van der Waals surface area contributed by atoms with Crippen molar-refractivity contribution in [2.75, 3.05) is 12.3 Å². The maximum Gasteiger partial charge on any atom is 0.315 e. The SMILES string of the molecule is C[C@H](O)CS(=O)C1CCN(C(N)=O)C(c2ccc(F)cc2CN)C1. The van der Waals surface area contributed by atoms with Crippen molar-refractivity contribution in [3.63, 3.8) is 0 Å². The number of primary amides is 1. The minimum Gasteiger partial charge on any atom is -0.392 e. The molecule has 134 valence electrons. The Morgan fingerprint density at radius 3 is 2.83 bits per heavy atom. The van der Waals surface area contributed by atoms with E-state index in [9.17, 15) is 18.5 Å². The number of rotatable bonds is 5. The van der Waals surface area contributed by atoms with Gasteiger partial charge in [0.05, 0.1) is 12.1 Å². The van der Waals surface area contributed by atoms with Gasteiger partial charge in [-0.25, -0.2) is 9.18 Å². The Balaban J connectivity index is 2.31. The average Bonchev–Trinajstić information content (AvgIpc) is 2.53. The topological polar surface area (TPSA) is 110 Å². The first-order valence-electron chi connectivity index (χ1n) is 7.93. The first-order chi connectivity index (χ1) is 11.3. The Morgan fingerprint density at radius 1 is 1.54 bits per heavy atom. The summed E-state index contributed by atoms with van der Waals surface area (Å²) >= 11 is 0. The van der Waals surface area contributed by atoms with Gasteiger partial charge in [0.1, 0.15) is 5.82 Å². The number of urea groups is 1. The number of hydrogen-bond acceptors (Lipinski definition) is 4. The number of aliphatic hydroxyl groups excluding tert-OH is 1. The molecule has 1 aliphatic heterocycles. The summed E-state index contributed by atoms with van der Waals surface area (Å²) in [6.45, 7) is 2.11. The first-order valence-corrected chi connectivity index (χ1v) is 9.31. The van der Waals surface area contributed by atoms with Gasteiger partial charge < -0.3 is 21.5 Å². The van der Waals surface area contributed by atoms with Crippen LogP contribution in [-0.4, -0.2) is 43.9 Å². The molecule has 0 aliphatic carbocycles. The second-order valence-electron chi connectivity index (χ2n) is 6.14. The van der Waals surface area contributed by atoms with E-state index < -0.39 is 34.8 Å². The number of aliphatic hydroxyl groups is 1. The highest BCUT2D eigenvalue weighted by Gasteiger charge is 2.35. The van der Waals surface area contributed by atoms with Crippen LogP contribution in [0.3, 0.4) is 0 Å². The summed E-state index contributed by atoms with van der Waals surface area (Å²) in [5.41, 5.74) is 12.5. The van der Waals surface area contributed by atoms with Crippen molar-refractivity contribution in [3.8, 4) is 0 Å². The number of likely N-dealkylation sites (tertiary alicyclic amines) is 1. The van der Waals surface area contributed by atoms with Crippen molar-refractivity contribution in [3.05, 3.63) is 35.1 Å². The van der Waals surface area contributed by atoms with Crippen molar-refractivity contribution in [2.45, 2.75) is 43.7 Å². The fourth-order valence-corrected chi connectivity index (χ4v) is 4.69. The molecule has 1 aliphatic rings. The van der Waals surface area contributed by atoms with Crippen molar-refractivity contribution in [2.24, 2.45) is 11.5 Å². The van der Waals surface area contributed by atoms with Crippen LogP contribution in [0.25, 0.3) is 0 Å². The molecule has 1 aromatic rings. The van der Waals surface area contributed by atoms with E-state index in [4.69, 9.17) is 11.5 Å². The summed E-state index contributed by atoms with van der Waals surface area (Å²) in [6, 6.07) is 3.33. The van der Waals surface area contributed by atoms with Crippen LogP contribution in [0.15, 0.2) is 18.2 Å². The third kappa shape index (κ3) is 4.31. The van der Waals surface area contributed by atoms with E-state index in [-0.39, 0.29) is 17.5 Å². The monoisotopic (exact) mass is 357 g/mol. The van der Waals surface area contributed by atoms with Crippen LogP contribution in [-0.2, 0) is 17.3 Å². The van der Waals surface area contributed by atoms with Crippen molar-refractivity contribution in [1.82, 2.24) is 4.90 Å². The number of halogens is 1. The number of nitrogens with zero attached hydrogens (tertiary/aromatic N) is 1. The molecule has 8 heteroatoms. The smallest absolute Gasteiger partial charge is 0.315 e. The van der Waals surface area contributed by atoms with Gasteiger partial charge >= 0.3 is 6.03 Å². The van der Waals surface area contributed by atoms with Crippen LogP contribution < -0.4 is 11.5 Å². The van der Waals surface area contributed by atoms with E-state index in [1.54, 1.807) is 13.0 Å². The van der Waals surface area contributed by atoms with Gasteiger partial charge in [-0.3, -0.25) is 4.21 Å². The Bertz CT molecular complexity index is 627. The molecule has 2 rings (SSSR count). The molecule has 3 unspecified atom stereocenters. The number of benzene rings is 1. The second-order valence-corrected chi connectivity index (χ2v) is 7.90. The predicted molar refractivity (Wildman–Crippen MR) is 91.0 cm³/mol. The first kappa shape index (κ1) is 18.8. The average molecular weight is 357 g/mol. The fourth-order valence-electron chi connectivity index (χ4n) is 3.18. The molecule has 0 spiro atoms. The molecular formula is C16H24FN3O3S. The van der Waals surface area contributed by atoms with E-state index >= 15 is 0 Å². The molecule has 2 amide bonds. The molecule has 1 heterocycles. The molecule has 6 nitrogen and oxygen atoms in total. The number of carbonyl (C=O) groups excluding carboxylic acids is 1. The molecule has 0 bridgehead atoms. The lowest BCUT2D eigenvalue weighted by molar-refractivity contribution is 0.160. The van der Waals surface area contributed by atoms with Crippen LogP contribution >= 0.6 is 0 Å². The molecule has 0 saturated carbocycles. The molecule has 0 radical (unpaired) electrons. The summed E-state index contributed by atoms with van der Waals surface area (Å²) in [5, 5.41) is 9.30. The van der Waals surface area contributed by atoms with Crippen LogP contribution in [0.2, 0.25) is 0 Å². The zero-order valence-electron chi connectivity index (χ0n) is 13.7. The Labute approximate surface area is 143 Å². The lowest BCUT2D eigenvalue weighted by Gasteiger charge is -2.39. The normalized spacial score (nSPS) is 23.8. The Hall–Kier alpha value is -1.51. The van der Waals surface area contributed by atoms with E-state index in [1.807, 2.05) is 0 Å².